The largest absolute Gasteiger partial charge is 0.369 e. The Labute approximate surface area is 211 Å². The topological polar surface area (TPSA) is 70.1 Å². The Kier molecular flexibility index (Phi) is 5.95. The molecule has 0 radical (unpaired) electrons. The number of aromatic nitrogens is 2. The van der Waals surface area contributed by atoms with Gasteiger partial charge in [-0.3, -0.25) is 4.79 Å². The van der Waals surface area contributed by atoms with Crippen LogP contribution in [0.3, 0.4) is 0 Å². The van der Waals surface area contributed by atoms with Gasteiger partial charge in [0.25, 0.3) is 0 Å². The van der Waals surface area contributed by atoms with Gasteiger partial charge in [-0.2, -0.15) is 0 Å². The molecule has 3 aromatic rings. The van der Waals surface area contributed by atoms with Gasteiger partial charge in [0.05, 0.1) is 17.7 Å². The average Bonchev–Trinajstić information content (AvgIpc) is 3.83. The van der Waals surface area contributed by atoms with E-state index in [1.165, 1.54) is 37.8 Å². The minimum atomic E-state index is -0.820. The summed E-state index contributed by atoms with van der Waals surface area (Å²) in [4.78, 5) is 18.0. The Hall–Kier alpha value is -2.99. The van der Waals surface area contributed by atoms with Crippen LogP contribution in [-0.4, -0.2) is 22.1 Å². The highest BCUT2D eigenvalue weighted by molar-refractivity contribution is 5.87. The van der Waals surface area contributed by atoms with Crippen LogP contribution in [0.4, 0.5) is 4.39 Å². The summed E-state index contributed by atoms with van der Waals surface area (Å²) in [6.45, 7) is 1.69. The zero-order valence-electron chi connectivity index (χ0n) is 20.7. The number of ether oxygens (including phenoxy) is 1. The van der Waals surface area contributed by atoms with Gasteiger partial charge >= 0.3 is 0 Å². The zero-order chi connectivity index (χ0) is 24.8. The zero-order valence-corrected chi connectivity index (χ0v) is 20.7. The van der Waals surface area contributed by atoms with Gasteiger partial charge in [-0.1, -0.05) is 42.5 Å². The van der Waals surface area contributed by atoms with Crippen LogP contribution in [0, 0.1) is 17.7 Å². The van der Waals surface area contributed by atoms with Gasteiger partial charge in [0.15, 0.2) is 0 Å². The molecule has 188 valence electrons. The van der Waals surface area contributed by atoms with Crippen LogP contribution in [0.25, 0.3) is 11.4 Å². The van der Waals surface area contributed by atoms with Gasteiger partial charge in [0.2, 0.25) is 5.91 Å². The first-order valence-electron chi connectivity index (χ1n) is 13.3. The van der Waals surface area contributed by atoms with Crippen molar-refractivity contribution in [2.45, 2.75) is 68.9 Å². The number of hydrogen-bond acceptors (Lipinski definition) is 3. The predicted octanol–water partition coefficient (Wildman–Crippen LogP) is 5.72. The van der Waals surface area contributed by atoms with Crippen molar-refractivity contribution in [2.75, 3.05) is 6.61 Å². The van der Waals surface area contributed by atoms with E-state index in [0.717, 1.165) is 35.8 Å². The Balaban J connectivity index is 1.35. The highest BCUT2D eigenvalue weighted by Crippen LogP contribution is 2.50. The molecule has 0 saturated heterocycles. The third-order valence-corrected chi connectivity index (χ3v) is 8.50. The summed E-state index contributed by atoms with van der Waals surface area (Å²) in [6, 6.07) is 16.6. The minimum Gasteiger partial charge on any atom is -0.369 e. The SMILES string of the molecule is NC(=O)[C@]1(c2ccc(F)cc2)CC[C@@](OCC2CC2)(c2cn(CC3CC3)c(-c3ccccc3)n2)CC1. The molecule has 5 nitrogen and oxygen atoms in total. The van der Waals surface area contributed by atoms with Crippen molar-refractivity contribution in [3.8, 4) is 11.4 Å². The lowest BCUT2D eigenvalue weighted by Gasteiger charge is -2.44. The van der Waals surface area contributed by atoms with Crippen molar-refractivity contribution in [2.24, 2.45) is 17.6 Å². The molecule has 1 aromatic heterocycles. The lowest BCUT2D eigenvalue weighted by molar-refractivity contribution is -0.132. The molecule has 1 heterocycles. The fraction of sp³-hybridized carbons (Fsp3) is 0.467. The Morgan fingerprint density at radius 3 is 2.25 bits per heavy atom. The van der Waals surface area contributed by atoms with E-state index in [4.69, 9.17) is 15.5 Å². The number of benzene rings is 2. The molecule has 0 unspecified atom stereocenters. The molecular weight excluding hydrogens is 453 g/mol. The molecule has 3 saturated carbocycles. The van der Waals surface area contributed by atoms with Crippen molar-refractivity contribution in [3.05, 3.63) is 77.9 Å². The molecule has 0 atom stereocenters. The number of imidazole rings is 1. The second-order valence-electron chi connectivity index (χ2n) is 11.1. The van der Waals surface area contributed by atoms with Crippen LogP contribution in [0.5, 0.6) is 0 Å². The number of carbonyl (C=O) groups is 1. The van der Waals surface area contributed by atoms with Crippen LogP contribution >= 0.6 is 0 Å². The first kappa shape index (κ1) is 23.4. The van der Waals surface area contributed by atoms with Crippen molar-refractivity contribution < 1.29 is 13.9 Å². The second-order valence-corrected chi connectivity index (χ2v) is 11.1. The van der Waals surface area contributed by atoms with E-state index in [-0.39, 0.29) is 11.7 Å². The van der Waals surface area contributed by atoms with Crippen molar-refractivity contribution in [3.63, 3.8) is 0 Å². The van der Waals surface area contributed by atoms with Gasteiger partial charge in [-0.05, 0) is 80.9 Å². The molecule has 3 fully saturated rings. The quantitative estimate of drug-likeness (QED) is 0.420. The maximum absolute atomic E-state index is 13.6. The highest BCUT2D eigenvalue weighted by atomic mass is 19.1. The van der Waals surface area contributed by atoms with Crippen molar-refractivity contribution in [1.29, 1.82) is 0 Å². The summed E-state index contributed by atoms with van der Waals surface area (Å²) in [5.74, 6) is 1.64. The minimum absolute atomic E-state index is 0.314. The lowest BCUT2D eigenvalue weighted by atomic mass is 9.64. The first-order chi connectivity index (χ1) is 17.5. The van der Waals surface area contributed by atoms with E-state index >= 15 is 0 Å². The Bertz CT molecular complexity index is 1220. The normalized spacial score (nSPS) is 26.1. The molecule has 0 bridgehead atoms. The van der Waals surface area contributed by atoms with Gasteiger partial charge in [0, 0.05) is 18.3 Å². The summed E-state index contributed by atoms with van der Waals surface area (Å²) in [7, 11) is 0. The molecule has 1 amide bonds. The number of hydrogen-bond donors (Lipinski definition) is 1. The summed E-state index contributed by atoms with van der Waals surface area (Å²) in [6.07, 6.45) is 9.55. The van der Waals surface area contributed by atoms with E-state index in [2.05, 4.69) is 35.0 Å². The average molecular weight is 488 g/mol. The molecule has 3 aliphatic rings. The monoisotopic (exact) mass is 487 g/mol. The highest BCUT2D eigenvalue weighted by Gasteiger charge is 2.50. The molecule has 6 heteroatoms. The molecular formula is C30H34FN3O2. The smallest absolute Gasteiger partial charge is 0.228 e. The van der Waals surface area contributed by atoms with Gasteiger partial charge in [0.1, 0.15) is 17.2 Å². The van der Waals surface area contributed by atoms with Gasteiger partial charge < -0.3 is 15.0 Å². The molecule has 6 rings (SSSR count). The van der Waals surface area contributed by atoms with E-state index in [9.17, 15) is 9.18 Å². The fourth-order valence-corrected chi connectivity index (χ4v) is 5.73. The number of halogens is 1. The Morgan fingerprint density at radius 1 is 0.972 bits per heavy atom. The summed E-state index contributed by atoms with van der Waals surface area (Å²) >= 11 is 0. The summed E-state index contributed by atoms with van der Waals surface area (Å²) < 4.78 is 22.7. The summed E-state index contributed by atoms with van der Waals surface area (Å²) in [5, 5.41) is 0. The van der Waals surface area contributed by atoms with Gasteiger partial charge in [-0.15, -0.1) is 0 Å². The predicted molar refractivity (Wildman–Crippen MR) is 136 cm³/mol. The van der Waals surface area contributed by atoms with Crippen LogP contribution in [-0.2, 0) is 27.1 Å². The lowest BCUT2D eigenvalue weighted by Crippen LogP contribution is -2.48. The number of carbonyl (C=O) groups excluding carboxylic acids is 1. The third kappa shape index (κ3) is 4.47. The van der Waals surface area contributed by atoms with Crippen molar-refractivity contribution >= 4 is 5.91 Å². The standard InChI is InChI=1S/C30H34FN3O2/c31-25-12-10-24(11-13-25)29(28(32)35)14-16-30(17-15-29,36-20-22-8-9-22)26-19-34(18-21-6-7-21)27(33-26)23-4-2-1-3-5-23/h1-5,10-13,19,21-22H,6-9,14-18,20H2,(H2,32,35)/t29-,30+. The van der Waals surface area contributed by atoms with Crippen LogP contribution in [0.15, 0.2) is 60.8 Å². The van der Waals surface area contributed by atoms with Crippen molar-refractivity contribution in [1.82, 2.24) is 9.55 Å². The van der Waals surface area contributed by atoms with Crippen LogP contribution < -0.4 is 5.73 Å². The Morgan fingerprint density at radius 2 is 1.64 bits per heavy atom. The molecule has 36 heavy (non-hydrogen) atoms. The fourth-order valence-electron chi connectivity index (χ4n) is 5.73. The number of nitrogens with zero attached hydrogens (tertiary/aromatic N) is 2. The second kappa shape index (κ2) is 9.15. The maximum Gasteiger partial charge on any atom is 0.228 e. The number of primary amides is 1. The molecule has 0 spiro atoms. The molecule has 0 aliphatic heterocycles. The molecule has 3 aliphatic carbocycles. The number of nitrogens with two attached hydrogens (primary N) is 1. The first-order valence-corrected chi connectivity index (χ1v) is 13.3. The maximum atomic E-state index is 13.6. The van der Waals surface area contributed by atoms with E-state index in [1.807, 2.05) is 6.07 Å². The number of amides is 1. The molecule has 2 aromatic carbocycles. The number of rotatable bonds is 9. The van der Waals surface area contributed by atoms with E-state index in [0.29, 0.717) is 37.5 Å². The molecule has 2 N–H and O–H groups in total. The van der Waals surface area contributed by atoms with Crippen LogP contribution in [0.1, 0.15) is 62.6 Å². The van der Waals surface area contributed by atoms with E-state index in [1.54, 1.807) is 12.1 Å². The summed E-state index contributed by atoms with van der Waals surface area (Å²) in [5.41, 5.74) is 7.48. The third-order valence-electron chi connectivity index (χ3n) is 8.50. The van der Waals surface area contributed by atoms with Crippen LogP contribution in [0.2, 0.25) is 0 Å². The van der Waals surface area contributed by atoms with E-state index < -0.39 is 11.0 Å². The van der Waals surface area contributed by atoms with Gasteiger partial charge in [-0.25, -0.2) is 9.37 Å².